The number of aromatic nitrogens is 1. The molecule has 1 saturated carbocycles. The van der Waals surface area contributed by atoms with E-state index in [1.165, 1.54) is 6.20 Å². The van der Waals surface area contributed by atoms with Crippen LogP contribution in [-0.4, -0.2) is 46.9 Å². The van der Waals surface area contributed by atoms with Gasteiger partial charge in [-0.3, -0.25) is 19.4 Å². The fourth-order valence-electron chi connectivity index (χ4n) is 4.79. The Balaban J connectivity index is 1.38. The Morgan fingerprint density at radius 1 is 1.23 bits per heavy atom. The van der Waals surface area contributed by atoms with Crippen LogP contribution in [0.5, 0.6) is 0 Å². The van der Waals surface area contributed by atoms with Gasteiger partial charge < -0.3 is 15.4 Å². The van der Waals surface area contributed by atoms with Crippen molar-refractivity contribution in [2.75, 3.05) is 6.61 Å². The number of nitrogens with one attached hydrogen (secondary N) is 2. The second-order valence-electron chi connectivity index (χ2n) is 8.87. The summed E-state index contributed by atoms with van der Waals surface area (Å²) in [5.41, 5.74) is 0.991. The summed E-state index contributed by atoms with van der Waals surface area (Å²) in [4.78, 5) is 44.6. The maximum atomic E-state index is 13.5. The van der Waals surface area contributed by atoms with Crippen molar-refractivity contribution >= 4 is 40.5 Å². The predicted octanol–water partition coefficient (Wildman–Crippen LogP) is 3.81. The van der Waals surface area contributed by atoms with Crippen LogP contribution in [0.1, 0.15) is 35.2 Å². The SMILES string of the molecule is O=C(NC(Cc1ccc(Cl)cc1)C(=O)NC12CCCC1OCC2=O)c1cncc(-c2cccs2)c1. The summed E-state index contributed by atoms with van der Waals surface area (Å²) in [6, 6.07) is 11.8. The molecule has 9 heteroatoms. The molecule has 7 nitrogen and oxygen atoms in total. The average Bonchev–Trinajstić information content (AvgIpc) is 3.59. The van der Waals surface area contributed by atoms with E-state index in [4.69, 9.17) is 16.3 Å². The normalized spacial score (nSPS) is 22.0. The molecule has 2 N–H and O–H groups in total. The summed E-state index contributed by atoms with van der Waals surface area (Å²) in [7, 11) is 0. The molecule has 2 fully saturated rings. The summed E-state index contributed by atoms with van der Waals surface area (Å²) < 4.78 is 5.63. The lowest BCUT2D eigenvalue weighted by Gasteiger charge is -2.30. The smallest absolute Gasteiger partial charge is 0.253 e. The number of hydrogen-bond donors (Lipinski definition) is 2. The summed E-state index contributed by atoms with van der Waals surface area (Å²) in [5, 5.41) is 8.36. The zero-order valence-electron chi connectivity index (χ0n) is 18.8. The Bertz CT molecular complexity index is 1250. The largest absolute Gasteiger partial charge is 0.367 e. The summed E-state index contributed by atoms with van der Waals surface area (Å²) in [6.07, 6.45) is 5.15. The highest BCUT2D eigenvalue weighted by atomic mass is 35.5. The van der Waals surface area contributed by atoms with Crippen LogP contribution in [0.4, 0.5) is 0 Å². The highest BCUT2D eigenvalue weighted by Gasteiger charge is 2.55. The van der Waals surface area contributed by atoms with Crippen LogP contribution in [0.3, 0.4) is 0 Å². The molecule has 0 radical (unpaired) electrons. The maximum absolute atomic E-state index is 13.5. The van der Waals surface area contributed by atoms with E-state index in [-0.39, 0.29) is 24.9 Å². The van der Waals surface area contributed by atoms with Crippen LogP contribution >= 0.6 is 22.9 Å². The van der Waals surface area contributed by atoms with Crippen molar-refractivity contribution in [3.05, 3.63) is 76.4 Å². The minimum absolute atomic E-state index is 0.000336. The molecule has 3 atom stereocenters. The van der Waals surface area contributed by atoms with Crippen LogP contribution in [0.2, 0.25) is 5.02 Å². The third-order valence-corrected chi connectivity index (χ3v) is 7.80. The molecule has 1 aliphatic carbocycles. The van der Waals surface area contributed by atoms with Gasteiger partial charge in [-0.15, -0.1) is 11.3 Å². The molecular weight excluding hydrogens is 486 g/mol. The van der Waals surface area contributed by atoms with Crippen molar-refractivity contribution in [2.24, 2.45) is 0 Å². The number of halogens is 1. The van der Waals surface area contributed by atoms with Crippen molar-refractivity contribution in [2.45, 2.75) is 43.4 Å². The van der Waals surface area contributed by atoms with E-state index in [1.54, 1.807) is 35.7 Å². The zero-order valence-corrected chi connectivity index (χ0v) is 20.4. The van der Waals surface area contributed by atoms with Crippen molar-refractivity contribution in [1.82, 2.24) is 15.6 Å². The Morgan fingerprint density at radius 3 is 2.83 bits per heavy atom. The first-order valence-electron chi connectivity index (χ1n) is 11.5. The summed E-state index contributed by atoms with van der Waals surface area (Å²) in [5.74, 6) is -0.946. The van der Waals surface area contributed by atoms with Gasteiger partial charge in [0.1, 0.15) is 18.2 Å². The number of carbonyl (C=O) groups is 3. The predicted molar refractivity (Wildman–Crippen MR) is 133 cm³/mol. The van der Waals surface area contributed by atoms with Gasteiger partial charge in [-0.1, -0.05) is 29.8 Å². The molecule has 3 unspecified atom stereocenters. The molecule has 1 aliphatic heterocycles. The number of ketones is 1. The first-order valence-corrected chi connectivity index (χ1v) is 12.7. The lowest BCUT2D eigenvalue weighted by Crippen LogP contribution is -2.60. The third-order valence-electron chi connectivity index (χ3n) is 6.63. The maximum Gasteiger partial charge on any atom is 0.253 e. The number of nitrogens with zero attached hydrogens (tertiary/aromatic N) is 1. The van der Waals surface area contributed by atoms with Gasteiger partial charge in [0.2, 0.25) is 5.91 Å². The molecule has 35 heavy (non-hydrogen) atoms. The highest BCUT2D eigenvalue weighted by Crippen LogP contribution is 2.38. The number of ether oxygens (including phenoxy) is 1. The molecule has 2 aliphatic rings. The molecule has 2 amide bonds. The van der Waals surface area contributed by atoms with E-state index in [2.05, 4.69) is 15.6 Å². The minimum Gasteiger partial charge on any atom is -0.367 e. The number of thiophene rings is 1. The summed E-state index contributed by atoms with van der Waals surface area (Å²) in [6.45, 7) is 0.000336. The van der Waals surface area contributed by atoms with E-state index in [9.17, 15) is 14.4 Å². The molecule has 180 valence electrons. The molecule has 1 aromatic carbocycles. The van der Waals surface area contributed by atoms with Gasteiger partial charge in [-0.05, 0) is 54.5 Å². The third kappa shape index (κ3) is 4.87. The number of benzene rings is 1. The fourth-order valence-corrected chi connectivity index (χ4v) is 5.63. The Labute approximate surface area is 211 Å². The first kappa shape index (κ1) is 23.7. The second kappa shape index (κ2) is 9.89. The van der Waals surface area contributed by atoms with Gasteiger partial charge in [0.25, 0.3) is 5.91 Å². The zero-order chi connectivity index (χ0) is 24.4. The number of carbonyl (C=O) groups excluding carboxylic acids is 3. The van der Waals surface area contributed by atoms with E-state index in [1.807, 2.05) is 29.6 Å². The summed E-state index contributed by atoms with van der Waals surface area (Å²) >= 11 is 7.57. The molecular formula is C26H24ClN3O4S. The van der Waals surface area contributed by atoms with Gasteiger partial charge >= 0.3 is 0 Å². The van der Waals surface area contributed by atoms with Gasteiger partial charge in [0.05, 0.1) is 11.7 Å². The van der Waals surface area contributed by atoms with Gasteiger partial charge in [-0.25, -0.2) is 0 Å². The topological polar surface area (TPSA) is 97.4 Å². The van der Waals surface area contributed by atoms with E-state index in [0.717, 1.165) is 28.8 Å². The average molecular weight is 510 g/mol. The number of Topliss-reactive ketones (excluding diaryl/α,β-unsaturated/α-hetero) is 1. The monoisotopic (exact) mass is 509 g/mol. The fraction of sp³-hybridized carbons (Fsp3) is 0.308. The molecule has 0 bridgehead atoms. The molecule has 2 aromatic heterocycles. The highest BCUT2D eigenvalue weighted by molar-refractivity contribution is 7.13. The number of hydrogen-bond acceptors (Lipinski definition) is 6. The van der Waals surface area contributed by atoms with Crippen molar-refractivity contribution < 1.29 is 19.1 Å². The lowest BCUT2D eigenvalue weighted by molar-refractivity contribution is -0.131. The lowest BCUT2D eigenvalue weighted by atomic mass is 9.91. The van der Waals surface area contributed by atoms with E-state index in [0.29, 0.717) is 17.0 Å². The van der Waals surface area contributed by atoms with Crippen molar-refractivity contribution in [3.8, 4) is 10.4 Å². The standard InChI is InChI=1S/C26H24ClN3O4S/c27-19-7-5-16(6-8-19)11-20(25(33)30-26-9-1-4-23(26)34-15-22(26)31)29-24(32)18-12-17(13-28-14-18)21-3-2-10-35-21/h2-3,5-8,10,12-14,20,23H,1,4,9,11,15H2,(H,29,32)(H,30,33). The second-order valence-corrected chi connectivity index (χ2v) is 10.3. The van der Waals surface area contributed by atoms with Crippen molar-refractivity contribution in [1.29, 1.82) is 0 Å². The van der Waals surface area contributed by atoms with Crippen LogP contribution < -0.4 is 10.6 Å². The number of rotatable bonds is 7. The Kier molecular flexibility index (Phi) is 6.69. The van der Waals surface area contributed by atoms with E-state index >= 15 is 0 Å². The Morgan fingerprint density at radius 2 is 2.06 bits per heavy atom. The van der Waals surface area contributed by atoms with Crippen LogP contribution in [0, 0.1) is 0 Å². The van der Waals surface area contributed by atoms with E-state index < -0.39 is 23.4 Å². The minimum atomic E-state index is -1.01. The van der Waals surface area contributed by atoms with Crippen LogP contribution in [0.15, 0.2) is 60.2 Å². The van der Waals surface area contributed by atoms with Crippen LogP contribution in [0.25, 0.3) is 10.4 Å². The molecule has 1 saturated heterocycles. The Hall–Kier alpha value is -3.07. The molecule has 0 spiro atoms. The van der Waals surface area contributed by atoms with Gasteiger partial charge in [0.15, 0.2) is 5.78 Å². The number of fused-ring (bicyclic) bond motifs is 1. The van der Waals surface area contributed by atoms with Crippen LogP contribution in [-0.2, 0) is 20.7 Å². The van der Waals surface area contributed by atoms with Crippen molar-refractivity contribution in [3.63, 3.8) is 0 Å². The van der Waals surface area contributed by atoms with Gasteiger partial charge in [0, 0.05) is 34.3 Å². The number of amides is 2. The molecule has 5 rings (SSSR count). The quantitative estimate of drug-likeness (QED) is 0.505. The molecule has 3 heterocycles. The molecule has 3 aromatic rings. The van der Waals surface area contributed by atoms with Gasteiger partial charge in [-0.2, -0.15) is 0 Å². The number of pyridine rings is 1. The first-order chi connectivity index (χ1) is 16.9.